The molecule has 0 amide bonds. The van der Waals surface area contributed by atoms with Gasteiger partial charge in [0.15, 0.2) is 5.78 Å². The van der Waals surface area contributed by atoms with Gasteiger partial charge in [0, 0.05) is 30.8 Å². The van der Waals surface area contributed by atoms with Crippen LogP contribution in [0.5, 0.6) is 0 Å². The summed E-state index contributed by atoms with van der Waals surface area (Å²) >= 11 is 0. The van der Waals surface area contributed by atoms with Gasteiger partial charge in [0.05, 0.1) is 0 Å². The molecule has 0 aliphatic carbocycles. The number of anilines is 1. The number of carbonyl (C=O) groups is 1. The number of hydrogen-bond donors (Lipinski definition) is 0. The molecule has 2 heteroatoms. The standard InChI is InChI=1S/C20H21NO/c1-15-8-10-19(11-9-15)21-13-16(2)18(14-21)12-20(22)17-6-4-3-5-7-17/h3-11H,12-14H2,1-2H3. The van der Waals surface area contributed by atoms with E-state index in [4.69, 9.17) is 0 Å². The summed E-state index contributed by atoms with van der Waals surface area (Å²) in [7, 11) is 0. The molecule has 3 rings (SSSR count). The van der Waals surface area contributed by atoms with E-state index in [1.54, 1.807) is 0 Å². The van der Waals surface area contributed by atoms with Crippen molar-refractivity contribution in [2.24, 2.45) is 0 Å². The average molecular weight is 291 g/mol. The molecule has 112 valence electrons. The van der Waals surface area contributed by atoms with Crippen molar-refractivity contribution in [3.63, 3.8) is 0 Å². The van der Waals surface area contributed by atoms with E-state index in [0.29, 0.717) is 6.42 Å². The van der Waals surface area contributed by atoms with Crippen LogP contribution in [0.3, 0.4) is 0 Å². The monoisotopic (exact) mass is 291 g/mol. The highest BCUT2D eigenvalue weighted by atomic mass is 16.1. The van der Waals surface area contributed by atoms with Crippen LogP contribution >= 0.6 is 0 Å². The van der Waals surface area contributed by atoms with Gasteiger partial charge >= 0.3 is 0 Å². The van der Waals surface area contributed by atoms with E-state index in [9.17, 15) is 4.79 Å². The van der Waals surface area contributed by atoms with Crippen molar-refractivity contribution in [1.29, 1.82) is 0 Å². The lowest BCUT2D eigenvalue weighted by Crippen LogP contribution is -2.20. The number of aryl methyl sites for hydroxylation is 1. The molecule has 1 heterocycles. The Hall–Kier alpha value is -2.35. The van der Waals surface area contributed by atoms with Crippen molar-refractivity contribution in [1.82, 2.24) is 0 Å². The van der Waals surface area contributed by atoms with Gasteiger partial charge in [0.1, 0.15) is 0 Å². The lowest BCUT2D eigenvalue weighted by Gasteiger charge is -2.19. The largest absolute Gasteiger partial charge is 0.364 e. The van der Waals surface area contributed by atoms with Crippen LogP contribution in [0.2, 0.25) is 0 Å². The third kappa shape index (κ3) is 3.11. The van der Waals surface area contributed by atoms with Gasteiger partial charge in [-0.2, -0.15) is 0 Å². The smallest absolute Gasteiger partial charge is 0.166 e. The first-order valence-corrected chi connectivity index (χ1v) is 7.71. The van der Waals surface area contributed by atoms with Gasteiger partial charge < -0.3 is 4.90 Å². The molecule has 0 spiro atoms. The molecule has 2 aromatic rings. The molecule has 0 radical (unpaired) electrons. The van der Waals surface area contributed by atoms with Crippen molar-refractivity contribution < 1.29 is 4.79 Å². The van der Waals surface area contributed by atoms with Gasteiger partial charge in [-0.05, 0) is 31.6 Å². The zero-order valence-electron chi connectivity index (χ0n) is 13.2. The van der Waals surface area contributed by atoms with Gasteiger partial charge in [0.25, 0.3) is 0 Å². The Bertz CT molecular complexity index is 698. The van der Waals surface area contributed by atoms with E-state index in [1.165, 1.54) is 22.4 Å². The minimum atomic E-state index is 0.209. The van der Waals surface area contributed by atoms with Crippen molar-refractivity contribution in [2.75, 3.05) is 18.0 Å². The van der Waals surface area contributed by atoms with Crippen LogP contribution in [-0.2, 0) is 0 Å². The molecule has 2 aromatic carbocycles. The molecule has 1 aliphatic rings. The number of rotatable bonds is 4. The Kier molecular flexibility index (Phi) is 4.10. The number of benzene rings is 2. The molecular formula is C20H21NO. The molecule has 0 unspecified atom stereocenters. The van der Waals surface area contributed by atoms with Crippen molar-refractivity contribution in [3.05, 3.63) is 76.9 Å². The summed E-state index contributed by atoms with van der Waals surface area (Å²) < 4.78 is 0. The fourth-order valence-corrected chi connectivity index (χ4v) is 2.88. The van der Waals surface area contributed by atoms with Gasteiger partial charge in [0.2, 0.25) is 0 Å². The van der Waals surface area contributed by atoms with E-state index in [-0.39, 0.29) is 5.78 Å². The molecule has 0 fully saturated rings. The maximum Gasteiger partial charge on any atom is 0.166 e. The van der Waals surface area contributed by atoms with Crippen LogP contribution in [0.4, 0.5) is 5.69 Å². The highest BCUT2D eigenvalue weighted by molar-refractivity contribution is 5.97. The Balaban J connectivity index is 1.69. The zero-order valence-corrected chi connectivity index (χ0v) is 13.2. The van der Waals surface area contributed by atoms with Gasteiger partial charge in [-0.1, -0.05) is 53.6 Å². The summed E-state index contributed by atoms with van der Waals surface area (Å²) in [5.41, 5.74) is 5.88. The number of Topliss-reactive ketones (excluding diaryl/α,β-unsaturated/α-hetero) is 1. The van der Waals surface area contributed by atoms with Gasteiger partial charge in [-0.25, -0.2) is 0 Å². The summed E-state index contributed by atoms with van der Waals surface area (Å²) in [5, 5.41) is 0. The van der Waals surface area contributed by atoms with E-state index < -0.39 is 0 Å². The van der Waals surface area contributed by atoms with Crippen LogP contribution in [-0.4, -0.2) is 18.9 Å². The fourth-order valence-electron chi connectivity index (χ4n) is 2.88. The van der Waals surface area contributed by atoms with Crippen LogP contribution in [0.1, 0.15) is 29.3 Å². The Labute approximate surface area is 132 Å². The molecule has 0 saturated carbocycles. The third-order valence-corrected chi connectivity index (χ3v) is 4.28. The molecular weight excluding hydrogens is 270 g/mol. The Morgan fingerprint density at radius 1 is 0.955 bits per heavy atom. The Morgan fingerprint density at radius 2 is 1.64 bits per heavy atom. The number of nitrogens with zero attached hydrogens (tertiary/aromatic N) is 1. The molecule has 0 saturated heterocycles. The molecule has 1 aliphatic heterocycles. The fraction of sp³-hybridized carbons (Fsp3) is 0.250. The van der Waals surface area contributed by atoms with E-state index in [2.05, 4.69) is 43.0 Å². The second-order valence-corrected chi connectivity index (χ2v) is 6.04. The zero-order chi connectivity index (χ0) is 15.5. The molecule has 0 aromatic heterocycles. The highest BCUT2D eigenvalue weighted by Crippen LogP contribution is 2.27. The third-order valence-electron chi connectivity index (χ3n) is 4.28. The predicted molar refractivity (Wildman–Crippen MR) is 91.5 cm³/mol. The molecule has 2 nitrogen and oxygen atoms in total. The normalized spacial score (nSPS) is 14.5. The van der Waals surface area contributed by atoms with E-state index in [1.807, 2.05) is 30.3 Å². The highest BCUT2D eigenvalue weighted by Gasteiger charge is 2.21. The minimum absolute atomic E-state index is 0.209. The number of hydrogen-bond acceptors (Lipinski definition) is 2. The maximum atomic E-state index is 12.4. The first kappa shape index (κ1) is 14.6. The lowest BCUT2D eigenvalue weighted by molar-refractivity contribution is 0.0992. The topological polar surface area (TPSA) is 20.3 Å². The van der Waals surface area contributed by atoms with Crippen LogP contribution in [0.15, 0.2) is 65.7 Å². The number of carbonyl (C=O) groups excluding carboxylic acids is 1. The molecule has 0 atom stereocenters. The quantitative estimate of drug-likeness (QED) is 0.614. The number of ketones is 1. The summed E-state index contributed by atoms with van der Waals surface area (Å²) in [4.78, 5) is 14.7. The van der Waals surface area contributed by atoms with E-state index in [0.717, 1.165) is 18.7 Å². The van der Waals surface area contributed by atoms with Gasteiger partial charge in [-0.3, -0.25) is 4.79 Å². The van der Waals surface area contributed by atoms with E-state index >= 15 is 0 Å². The van der Waals surface area contributed by atoms with Crippen molar-refractivity contribution in [2.45, 2.75) is 20.3 Å². The summed E-state index contributed by atoms with van der Waals surface area (Å²) in [6.45, 7) is 6.01. The molecule has 0 bridgehead atoms. The van der Waals surface area contributed by atoms with Crippen LogP contribution in [0, 0.1) is 6.92 Å². The first-order chi connectivity index (χ1) is 10.6. The lowest BCUT2D eigenvalue weighted by atomic mass is 10.0. The van der Waals surface area contributed by atoms with Gasteiger partial charge in [-0.15, -0.1) is 0 Å². The summed E-state index contributed by atoms with van der Waals surface area (Å²) in [6, 6.07) is 18.2. The summed E-state index contributed by atoms with van der Waals surface area (Å²) in [5.74, 6) is 0.209. The minimum Gasteiger partial charge on any atom is -0.364 e. The molecule has 0 N–H and O–H groups in total. The predicted octanol–water partition coefficient (Wildman–Crippen LogP) is 4.40. The van der Waals surface area contributed by atoms with Crippen LogP contribution in [0.25, 0.3) is 0 Å². The second-order valence-electron chi connectivity index (χ2n) is 6.04. The second kappa shape index (κ2) is 6.18. The van der Waals surface area contributed by atoms with Crippen molar-refractivity contribution in [3.8, 4) is 0 Å². The Morgan fingerprint density at radius 3 is 2.32 bits per heavy atom. The SMILES string of the molecule is CC1=C(CC(=O)c2ccccc2)CN(c2ccc(C)cc2)C1. The summed E-state index contributed by atoms with van der Waals surface area (Å²) in [6.07, 6.45) is 0.526. The molecule has 22 heavy (non-hydrogen) atoms. The first-order valence-electron chi connectivity index (χ1n) is 7.71. The van der Waals surface area contributed by atoms with Crippen molar-refractivity contribution >= 4 is 11.5 Å². The average Bonchev–Trinajstić information content (AvgIpc) is 2.90. The van der Waals surface area contributed by atoms with Crippen LogP contribution < -0.4 is 4.90 Å². The maximum absolute atomic E-state index is 12.4.